The summed E-state index contributed by atoms with van der Waals surface area (Å²) in [6, 6.07) is 7.56. The van der Waals surface area contributed by atoms with Gasteiger partial charge >= 0.3 is 5.97 Å². The molecule has 0 aromatic heterocycles. The van der Waals surface area contributed by atoms with Crippen molar-refractivity contribution >= 4 is 17.6 Å². The van der Waals surface area contributed by atoms with E-state index in [0.717, 1.165) is 11.3 Å². The molecule has 0 bridgehead atoms. The molecule has 0 saturated carbocycles. The van der Waals surface area contributed by atoms with E-state index in [-0.39, 0.29) is 18.4 Å². The maximum absolute atomic E-state index is 11.7. The minimum Gasteiger partial charge on any atom is -0.481 e. The van der Waals surface area contributed by atoms with Gasteiger partial charge in [-0.1, -0.05) is 17.7 Å². The standard InChI is InChI=1S/C13H16N2O3/c1-9-2-4-11(5-3-9)14-12(16)8-15-6-10(7-15)13(17)18/h2-5,10H,6-8H2,1H3,(H,14,16)(H,17,18). The molecule has 1 aromatic rings. The Morgan fingerprint density at radius 2 is 1.94 bits per heavy atom. The number of carboxylic acid groups (broad SMARTS) is 1. The van der Waals surface area contributed by atoms with Crippen LogP contribution in [0.4, 0.5) is 5.69 Å². The van der Waals surface area contributed by atoms with Crippen molar-refractivity contribution in [1.29, 1.82) is 0 Å². The second-order valence-corrected chi connectivity index (χ2v) is 4.64. The maximum Gasteiger partial charge on any atom is 0.309 e. The lowest BCUT2D eigenvalue weighted by Crippen LogP contribution is -2.52. The smallest absolute Gasteiger partial charge is 0.309 e. The SMILES string of the molecule is Cc1ccc(NC(=O)CN2CC(C(=O)O)C2)cc1. The number of aryl methyl sites for hydroxylation is 1. The summed E-state index contributed by atoms with van der Waals surface area (Å²) in [4.78, 5) is 24.1. The Labute approximate surface area is 105 Å². The summed E-state index contributed by atoms with van der Waals surface area (Å²) in [5.74, 6) is -1.22. The molecule has 0 unspecified atom stereocenters. The number of rotatable bonds is 4. The van der Waals surface area contributed by atoms with Gasteiger partial charge in [0, 0.05) is 18.8 Å². The normalized spacial score (nSPS) is 16.1. The molecule has 1 fully saturated rings. The van der Waals surface area contributed by atoms with E-state index in [9.17, 15) is 9.59 Å². The molecule has 0 atom stereocenters. The average Bonchev–Trinajstić information content (AvgIpc) is 2.25. The van der Waals surface area contributed by atoms with Crippen LogP contribution < -0.4 is 5.32 Å². The van der Waals surface area contributed by atoms with Crippen LogP contribution in [0.25, 0.3) is 0 Å². The first-order valence-corrected chi connectivity index (χ1v) is 5.86. The minimum absolute atomic E-state index is 0.109. The number of anilines is 1. The third kappa shape index (κ3) is 3.07. The Kier molecular flexibility index (Phi) is 3.62. The Bertz CT molecular complexity index is 450. The van der Waals surface area contributed by atoms with Gasteiger partial charge in [0.1, 0.15) is 0 Å². The Balaban J connectivity index is 1.76. The second kappa shape index (κ2) is 5.18. The van der Waals surface area contributed by atoms with E-state index in [1.54, 1.807) is 0 Å². The van der Waals surface area contributed by atoms with Crippen LogP contribution in [0.2, 0.25) is 0 Å². The van der Waals surface area contributed by atoms with Crippen molar-refractivity contribution < 1.29 is 14.7 Å². The largest absolute Gasteiger partial charge is 0.481 e. The molecule has 1 aromatic carbocycles. The van der Waals surface area contributed by atoms with Crippen LogP contribution >= 0.6 is 0 Å². The Hall–Kier alpha value is -1.88. The highest BCUT2D eigenvalue weighted by molar-refractivity contribution is 5.92. The number of carboxylic acids is 1. The van der Waals surface area contributed by atoms with Gasteiger partial charge in [-0.15, -0.1) is 0 Å². The number of hydrogen-bond acceptors (Lipinski definition) is 3. The van der Waals surface area contributed by atoms with E-state index in [4.69, 9.17) is 5.11 Å². The number of nitrogens with one attached hydrogen (secondary N) is 1. The Morgan fingerprint density at radius 3 is 2.50 bits per heavy atom. The molecular formula is C13H16N2O3. The fourth-order valence-electron chi connectivity index (χ4n) is 1.90. The molecule has 18 heavy (non-hydrogen) atoms. The number of likely N-dealkylation sites (tertiary alicyclic amines) is 1. The molecule has 96 valence electrons. The van der Waals surface area contributed by atoms with Gasteiger partial charge in [-0.3, -0.25) is 14.5 Å². The lowest BCUT2D eigenvalue weighted by Gasteiger charge is -2.35. The average molecular weight is 248 g/mol. The van der Waals surface area contributed by atoms with Crippen LogP contribution in [0.1, 0.15) is 5.56 Å². The van der Waals surface area contributed by atoms with Crippen LogP contribution in [-0.4, -0.2) is 41.5 Å². The summed E-state index contributed by atoms with van der Waals surface area (Å²) in [7, 11) is 0. The van der Waals surface area contributed by atoms with Gasteiger partial charge in [0.25, 0.3) is 0 Å². The van der Waals surface area contributed by atoms with E-state index in [1.807, 2.05) is 36.1 Å². The quantitative estimate of drug-likeness (QED) is 0.832. The highest BCUT2D eigenvalue weighted by Crippen LogP contribution is 2.15. The fourth-order valence-corrected chi connectivity index (χ4v) is 1.90. The molecule has 2 N–H and O–H groups in total. The summed E-state index contributed by atoms with van der Waals surface area (Å²) < 4.78 is 0. The van der Waals surface area contributed by atoms with Crippen LogP contribution in [0.3, 0.4) is 0 Å². The highest BCUT2D eigenvalue weighted by Gasteiger charge is 2.33. The number of nitrogens with zero attached hydrogens (tertiary/aromatic N) is 1. The number of aliphatic carboxylic acids is 1. The van der Waals surface area contributed by atoms with E-state index >= 15 is 0 Å². The predicted molar refractivity (Wildman–Crippen MR) is 67.4 cm³/mol. The molecule has 1 aliphatic heterocycles. The van der Waals surface area contributed by atoms with Crippen molar-refractivity contribution in [2.24, 2.45) is 5.92 Å². The zero-order chi connectivity index (χ0) is 13.1. The van der Waals surface area contributed by atoms with Crippen LogP contribution in [0, 0.1) is 12.8 Å². The lowest BCUT2D eigenvalue weighted by atomic mass is 10.0. The van der Waals surface area contributed by atoms with Gasteiger partial charge in [0.2, 0.25) is 5.91 Å². The minimum atomic E-state index is -0.787. The third-order valence-electron chi connectivity index (χ3n) is 3.01. The van der Waals surface area contributed by atoms with Gasteiger partial charge < -0.3 is 10.4 Å². The zero-order valence-corrected chi connectivity index (χ0v) is 10.2. The van der Waals surface area contributed by atoms with Crippen molar-refractivity contribution in [1.82, 2.24) is 4.90 Å². The molecule has 5 heteroatoms. The van der Waals surface area contributed by atoms with Crippen molar-refractivity contribution in [3.05, 3.63) is 29.8 Å². The Morgan fingerprint density at radius 1 is 1.33 bits per heavy atom. The molecular weight excluding hydrogens is 232 g/mol. The summed E-state index contributed by atoms with van der Waals surface area (Å²) in [6.07, 6.45) is 0. The van der Waals surface area contributed by atoms with Crippen LogP contribution in [0.15, 0.2) is 24.3 Å². The predicted octanol–water partition coefficient (Wildman–Crippen LogP) is 0.950. The third-order valence-corrected chi connectivity index (χ3v) is 3.01. The first kappa shape index (κ1) is 12.6. The van der Waals surface area contributed by atoms with Gasteiger partial charge in [-0.05, 0) is 19.1 Å². The van der Waals surface area contributed by atoms with Crippen LogP contribution in [0.5, 0.6) is 0 Å². The van der Waals surface area contributed by atoms with Crippen molar-refractivity contribution in [3.63, 3.8) is 0 Å². The molecule has 1 saturated heterocycles. The number of hydrogen-bond donors (Lipinski definition) is 2. The van der Waals surface area contributed by atoms with Crippen molar-refractivity contribution in [3.8, 4) is 0 Å². The maximum atomic E-state index is 11.7. The van der Waals surface area contributed by atoms with E-state index in [2.05, 4.69) is 5.32 Å². The fraction of sp³-hybridized carbons (Fsp3) is 0.385. The first-order valence-electron chi connectivity index (χ1n) is 5.86. The highest BCUT2D eigenvalue weighted by atomic mass is 16.4. The number of benzene rings is 1. The van der Waals surface area contributed by atoms with E-state index < -0.39 is 5.97 Å². The van der Waals surface area contributed by atoms with Gasteiger partial charge in [-0.25, -0.2) is 0 Å². The molecule has 1 heterocycles. The van der Waals surface area contributed by atoms with Gasteiger partial charge in [-0.2, -0.15) is 0 Å². The van der Waals surface area contributed by atoms with Crippen molar-refractivity contribution in [2.45, 2.75) is 6.92 Å². The molecule has 0 radical (unpaired) electrons. The summed E-state index contributed by atoms with van der Waals surface area (Å²) in [6.45, 7) is 3.14. The topological polar surface area (TPSA) is 69.6 Å². The second-order valence-electron chi connectivity index (χ2n) is 4.64. The summed E-state index contributed by atoms with van der Waals surface area (Å²) in [5, 5.41) is 11.5. The molecule has 1 aliphatic rings. The van der Waals surface area contributed by atoms with Gasteiger partial charge in [0.05, 0.1) is 12.5 Å². The monoisotopic (exact) mass is 248 g/mol. The summed E-state index contributed by atoms with van der Waals surface area (Å²) in [5.41, 5.74) is 1.90. The number of carbonyl (C=O) groups excluding carboxylic acids is 1. The molecule has 0 spiro atoms. The first-order chi connectivity index (χ1) is 8.54. The number of carbonyl (C=O) groups is 2. The number of amides is 1. The molecule has 0 aliphatic carbocycles. The van der Waals surface area contributed by atoms with E-state index in [0.29, 0.717) is 13.1 Å². The molecule has 1 amide bonds. The zero-order valence-electron chi connectivity index (χ0n) is 10.2. The van der Waals surface area contributed by atoms with Crippen molar-refractivity contribution in [2.75, 3.05) is 25.0 Å². The summed E-state index contributed by atoms with van der Waals surface area (Å²) >= 11 is 0. The molecule has 5 nitrogen and oxygen atoms in total. The van der Waals surface area contributed by atoms with Gasteiger partial charge in [0.15, 0.2) is 0 Å². The molecule has 2 rings (SSSR count). The van der Waals surface area contributed by atoms with E-state index in [1.165, 1.54) is 0 Å². The lowest BCUT2D eigenvalue weighted by molar-refractivity contribution is -0.148. The van der Waals surface area contributed by atoms with Crippen LogP contribution in [-0.2, 0) is 9.59 Å².